The lowest BCUT2D eigenvalue weighted by Gasteiger charge is -2.20. The van der Waals surface area contributed by atoms with Crippen LogP contribution in [0.2, 0.25) is 0 Å². The van der Waals surface area contributed by atoms with Gasteiger partial charge in [-0.2, -0.15) is 0 Å². The second kappa shape index (κ2) is 8.84. The number of benzene rings is 3. The number of hydrogen-bond acceptors (Lipinski definition) is 5. The lowest BCUT2D eigenvalue weighted by Crippen LogP contribution is -2.25. The maximum absolute atomic E-state index is 13.3. The zero-order valence-electron chi connectivity index (χ0n) is 20.1. The minimum Gasteiger partial charge on any atom is -0.397 e. The number of halogens is 1. The van der Waals surface area contributed by atoms with E-state index in [2.05, 4.69) is 29.4 Å². The Hall–Kier alpha value is -3.55. The van der Waals surface area contributed by atoms with Crippen molar-refractivity contribution in [1.82, 2.24) is 9.88 Å². The number of thiazole rings is 1. The van der Waals surface area contributed by atoms with E-state index < -0.39 is 0 Å². The van der Waals surface area contributed by atoms with Crippen LogP contribution in [0.3, 0.4) is 0 Å². The van der Waals surface area contributed by atoms with Gasteiger partial charge in [0.1, 0.15) is 10.8 Å². The Bertz CT molecular complexity index is 1440. The number of aromatic nitrogens is 1. The van der Waals surface area contributed by atoms with E-state index in [-0.39, 0.29) is 17.1 Å². The maximum atomic E-state index is 13.3. The normalized spacial score (nSPS) is 16.4. The summed E-state index contributed by atoms with van der Waals surface area (Å²) < 4.78 is 13.3. The van der Waals surface area contributed by atoms with Crippen LogP contribution in [-0.4, -0.2) is 29.4 Å². The van der Waals surface area contributed by atoms with Gasteiger partial charge in [-0.1, -0.05) is 30.3 Å². The molecule has 0 radical (unpaired) electrons. The largest absolute Gasteiger partial charge is 0.397 e. The number of nitrogens with two attached hydrogens (primary N) is 1. The van der Waals surface area contributed by atoms with Crippen LogP contribution in [0.15, 0.2) is 66.7 Å². The minimum absolute atomic E-state index is 0.0104. The molecule has 1 amide bonds. The highest BCUT2D eigenvalue weighted by atomic mass is 32.1. The molecule has 5 nitrogen and oxygen atoms in total. The highest BCUT2D eigenvalue weighted by Gasteiger charge is 2.49. The van der Waals surface area contributed by atoms with E-state index >= 15 is 0 Å². The summed E-state index contributed by atoms with van der Waals surface area (Å²) >= 11 is 1.85. The van der Waals surface area contributed by atoms with Gasteiger partial charge < -0.3 is 16.0 Å². The molecular weight excluding hydrogens is 471 g/mol. The molecule has 6 rings (SSSR count). The molecule has 1 saturated carbocycles. The topological polar surface area (TPSA) is 71.2 Å². The molecule has 4 aromatic rings. The molecule has 3 aromatic carbocycles. The third-order valence-electron chi connectivity index (χ3n) is 7.26. The number of rotatable bonds is 5. The second-order valence-corrected chi connectivity index (χ2v) is 10.9. The van der Waals surface area contributed by atoms with Gasteiger partial charge in [-0.15, -0.1) is 11.3 Å². The summed E-state index contributed by atoms with van der Waals surface area (Å²) in [5, 5.41) is 4.15. The quantitative estimate of drug-likeness (QED) is 0.339. The molecule has 0 atom stereocenters. The molecule has 2 heterocycles. The Balaban J connectivity index is 1.20. The van der Waals surface area contributed by atoms with Gasteiger partial charge in [0.15, 0.2) is 0 Å². The Morgan fingerprint density at radius 2 is 1.78 bits per heavy atom. The molecule has 36 heavy (non-hydrogen) atoms. The molecule has 1 aliphatic heterocycles. The van der Waals surface area contributed by atoms with Gasteiger partial charge in [0, 0.05) is 35.4 Å². The van der Waals surface area contributed by atoms with Crippen LogP contribution in [0.5, 0.6) is 0 Å². The van der Waals surface area contributed by atoms with Crippen LogP contribution >= 0.6 is 11.3 Å². The van der Waals surface area contributed by atoms with Gasteiger partial charge in [0.2, 0.25) is 0 Å². The molecule has 0 saturated heterocycles. The molecular formula is C29H27FN4OS. The van der Waals surface area contributed by atoms with Gasteiger partial charge >= 0.3 is 0 Å². The Labute approximate surface area is 213 Å². The zero-order valence-corrected chi connectivity index (χ0v) is 20.9. The lowest BCUT2D eigenvalue weighted by molar-refractivity contribution is 0.102. The predicted molar refractivity (Wildman–Crippen MR) is 143 cm³/mol. The number of anilines is 2. The van der Waals surface area contributed by atoms with E-state index in [1.54, 1.807) is 18.2 Å². The van der Waals surface area contributed by atoms with E-state index in [4.69, 9.17) is 10.7 Å². The number of fused-ring (bicyclic) bond motifs is 1. The smallest absolute Gasteiger partial charge is 0.255 e. The molecule has 182 valence electrons. The average molecular weight is 499 g/mol. The van der Waals surface area contributed by atoms with Gasteiger partial charge in [0.25, 0.3) is 5.91 Å². The molecule has 0 unspecified atom stereocenters. The maximum Gasteiger partial charge on any atom is 0.255 e. The Kier molecular flexibility index (Phi) is 5.62. The van der Waals surface area contributed by atoms with Crippen LogP contribution in [-0.2, 0) is 18.4 Å². The monoisotopic (exact) mass is 498 g/mol. The van der Waals surface area contributed by atoms with E-state index in [1.165, 1.54) is 33.3 Å². The van der Waals surface area contributed by atoms with Gasteiger partial charge in [-0.3, -0.25) is 4.79 Å². The molecule has 1 fully saturated rings. The number of likely N-dealkylation sites (N-methyl/N-ethyl adjacent to an activating group) is 1. The van der Waals surface area contributed by atoms with Crippen molar-refractivity contribution in [1.29, 1.82) is 0 Å². The fourth-order valence-electron chi connectivity index (χ4n) is 4.90. The molecule has 2 aliphatic rings. The van der Waals surface area contributed by atoms with Crippen LogP contribution in [0.4, 0.5) is 15.8 Å². The SMILES string of the molecule is CN1CCc2nc(C3(c4ccc(C(=O)Nc5cc(-c6ccc(F)cc6)ccc5N)cc4)CC3)sc2C1. The van der Waals surface area contributed by atoms with Crippen molar-refractivity contribution in [3.05, 3.63) is 99.3 Å². The first kappa shape index (κ1) is 22.9. The van der Waals surface area contributed by atoms with Crippen molar-refractivity contribution in [2.45, 2.75) is 31.2 Å². The van der Waals surface area contributed by atoms with Crippen LogP contribution in [0.25, 0.3) is 11.1 Å². The van der Waals surface area contributed by atoms with Crippen molar-refractivity contribution < 1.29 is 9.18 Å². The van der Waals surface area contributed by atoms with Gasteiger partial charge in [0.05, 0.1) is 17.1 Å². The number of nitrogen functional groups attached to an aromatic ring is 1. The fraction of sp³-hybridized carbons (Fsp3) is 0.241. The van der Waals surface area contributed by atoms with E-state index in [0.29, 0.717) is 16.9 Å². The number of nitrogens with zero attached hydrogens (tertiary/aromatic N) is 2. The summed E-state index contributed by atoms with van der Waals surface area (Å²) in [6.07, 6.45) is 3.20. The van der Waals surface area contributed by atoms with Crippen molar-refractivity contribution in [2.24, 2.45) is 0 Å². The highest BCUT2D eigenvalue weighted by molar-refractivity contribution is 7.12. The van der Waals surface area contributed by atoms with Crippen molar-refractivity contribution in [3.8, 4) is 11.1 Å². The number of carbonyl (C=O) groups excluding carboxylic acids is 1. The third-order valence-corrected chi connectivity index (χ3v) is 8.55. The first-order valence-electron chi connectivity index (χ1n) is 12.2. The van der Waals surface area contributed by atoms with Crippen LogP contribution in [0.1, 0.15) is 44.3 Å². The first-order chi connectivity index (χ1) is 17.4. The molecule has 3 N–H and O–H groups in total. The van der Waals surface area contributed by atoms with Crippen molar-refractivity contribution in [3.63, 3.8) is 0 Å². The van der Waals surface area contributed by atoms with E-state index in [0.717, 1.165) is 43.5 Å². The summed E-state index contributed by atoms with van der Waals surface area (Å²) in [7, 11) is 2.16. The highest BCUT2D eigenvalue weighted by Crippen LogP contribution is 2.55. The Morgan fingerprint density at radius 1 is 1.06 bits per heavy atom. The number of nitrogens with one attached hydrogen (secondary N) is 1. The first-order valence-corrected chi connectivity index (χ1v) is 13.0. The van der Waals surface area contributed by atoms with E-state index in [1.807, 2.05) is 35.6 Å². The second-order valence-electron chi connectivity index (χ2n) is 9.80. The summed E-state index contributed by atoms with van der Waals surface area (Å²) in [4.78, 5) is 21.8. The zero-order chi connectivity index (χ0) is 24.9. The van der Waals surface area contributed by atoms with E-state index in [9.17, 15) is 9.18 Å². The molecule has 1 aliphatic carbocycles. The van der Waals surface area contributed by atoms with Gasteiger partial charge in [-0.25, -0.2) is 9.37 Å². The molecule has 0 bridgehead atoms. The predicted octanol–water partition coefficient (Wildman–Crippen LogP) is 5.85. The molecule has 7 heteroatoms. The van der Waals surface area contributed by atoms with Crippen molar-refractivity contribution >= 4 is 28.6 Å². The minimum atomic E-state index is -0.291. The number of carbonyl (C=O) groups is 1. The third kappa shape index (κ3) is 4.18. The summed E-state index contributed by atoms with van der Waals surface area (Å²) in [6.45, 7) is 2.04. The van der Waals surface area contributed by atoms with Crippen LogP contribution in [0, 0.1) is 5.82 Å². The summed E-state index contributed by atoms with van der Waals surface area (Å²) in [5.41, 5.74) is 11.9. The lowest BCUT2D eigenvalue weighted by atomic mass is 9.95. The standard InChI is InChI=1S/C29H27FN4OS/c1-34-15-12-24-26(17-34)36-28(33-24)29(13-14-29)21-7-2-19(3-8-21)27(35)32-25-16-20(6-11-23(25)31)18-4-9-22(30)10-5-18/h2-11,16H,12-15,17,31H2,1H3,(H,32,35). The number of hydrogen-bond donors (Lipinski definition) is 2. The summed E-state index contributed by atoms with van der Waals surface area (Å²) in [6, 6.07) is 19.5. The van der Waals surface area contributed by atoms with Crippen molar-refractivity contribution in [2.75, 3.05) is 24.6 Å². The molecule has 1 aromatic heterocycles. The van der Waals surface area contributed by atoms with Gasteiger partial charge in [-0.05, 0) is 73.0 Å². The van der Waals surface area contributed by atoms with Crippen LogP contribution < -0.4 is 11.1 Å². The number of amides is 1. The average Bonchev–Trinajstić information content (AvgIpc) is 3.59. The summed E-state index contributed by atoms with van der Waals surface area (Å²) in [5.74, 6) is -0.511. The fourth-order valence-corrected chi connectivity index (χ4v) is 6.36. The molecule has 0 spiro atoms. The Morgan fingerprint density at radius 3 is 2.50 bits per heavy atom.